The van der Waals surface area contributed by atoms with Crippen LogP contribution >= 0.6 is 0 Å². The predicted octanol–water partition coefficient (Wildman–Crippen LogP) is 2.98. The van der Waals surface area contributed by atoms with Crippen molar-refractivity contribution in [1.82, 2.24) is 9.97 Å². The van der Waals surface area contributed by atoms with Gasteiger partial charge in [-0.05, 0) is 25.1 Å². The first-order chi connectivity index (χ1) is 9.91. The van der Waals surface area contributed by atoms with E-state index in [2.05, 4.69) is 9.97 Å². The molecule has 0 fully saturated rings. The lowest BCUT2D eigenvalue weighted by Gasteiger charge is -2.13. The largest absolute Gasteiger partial charge is 0.492 e. The molecule has 0 radical (unpaired) electrons. The molecule has 4 nitrogen and oxygen atoms in total. The van der Waals surface area contributed by atoms with Crippen molar-refractivity contribution < 1.29 is 23.0 Å². The summed E-state index contributed by atoms with van der Waals surface area (Å²) in [6.07, 6.45) is -2.03. The Kier molecular flexibility index (Phi) is 4.42. The van der Waals surface area contributed by atoms with Crippen LogP contribution in [-0.4, -0.2) is 21.7 Å². The second-order valence-corrected chi connectivity index (χ2v) is 4.26. The van der Waals surface area contributed by atoms with Gasteiger partial charge in [0.25, 0.3) is 0 Å². The van der Waals surface area contributed by atoms with Crippen molar-refractivity contribution in [1.29, 1.82) is 0 Å². The van der Waals surface area contributed by atoms with Crippen LogP contribution in [0.15, 0.2) is 36.8 Å². The number of hydrogen-bond donors (Lipinski definition) is 1. The molecule has 21 heavy (non-hydrogen) atoms. The molecule has 0 spiro atoms. The number of alkyl halides is 3. The van der Waals surface area contributed by atoms with E-state index in [1.807, 2.05) is 0 Å². The number of ether oxygens (including phenoxy) is 1. The minimum Gasteiger partial charge on any atom is -0.492 e. The van der Waals surface area contributed by atoms with Crippen molar-refractivity contribution in [3.05, 3.63) is 53.6 Å². The van der Waals surface area contributed by atoms with E-state index in [0.717, 1.165) is 12.1 Å². The molecule has 0 aliphatic rings. The van der Waals surface area contributed by atoms with Crippen molar-refractivity contribution >= 4 is 0 Å². The molecule has 0 saturated heterocycles. The van der Waals surface area contributed by atoms with Crippen LogP contribution in [0, 0.1) is 0 Å². The average molecular weight is 298 g/mol. The third kappa shape index (κ3) is 3.69. The maximum Gasteiger partial charge on any atom is 0.417 e. The van der Waals surface area contributed by atoms with Crippen molar-refractivity contribution in [2.24, 2.45) is 0 Å². The average Bonchev–Trinajstić information content (AvgIpc) is 2.46. The van der Waals surface area contributed by atoms with Crippen molar-refractivity contribution in [3.8, 4) is 5.75 Å². The normalized spacial score (nSPS) is 13.0. The molecule has 2 heterocycles. The summed E-state index contributed by atoms with van der Waals surface area (Å²) in [5.41, 5.74) is -0.355. The lowest BCUT2D eigenvalue weighted by molar-refractivity contribution is -0.137. The van der Waals surface area contributed by atoms with Gasteiger partial charge >= 0.3 is 6.18 Å². The standard InChI is InChI=1S/C14H13F3N2O2/c1-2-21-11-5-9(6-18-8-11)13(20)12-4-3-10(7-19-12)14(15,16)17/h3-8,13,20H,2H2,1H3. The van der Waals surface area contributed by atoms with Crippen LogP contribution in [0.25, 0.3) is 0 Å². The topological polar surface area (TPSA) is 55.2 Å². The zero-order valence-corrected chi connectivity index (χ0v) is 11.1. The second-order valence-electron chi connectivity index (χ2n) is 4.26. The summed E-state index contributed by atoms with van der Waals surface area (Å²) in [6.45, 7) is 2.25. The molecule has 1 atom stereocenters. The smallest absolute Gasteiger partial charge is 0.417 e. The second kappa shape index (κ2) is 6.09. The first-order valence-electron chi connectivity index (χ1n) is 6.20. The van der Waals surface area contributed by atoms with Gasteiger partial charge in [-0.15, -0.1) is 0 Å². The van der Waals surface area contributed by atoms with Crippen molar-refractivity contribution in [2.45, 2.75) is 19.2 Å². The zero-order chi connectivity index (χ0) is 15.5. The molecule has 7 heteroatoms. The van der Waals surface area contributed by atoms with E-state index in [9.17, 15) is 18.3 Å². The fraction of sp³-hybridized carbons (Fsp3) is 0.286. The highest BCUT2D eigenvalue weighted by atomic mass is 19.4. The summed E-state index contributed by atoms with van der Waals surface area (Å²) in [6, 6.07) is 3.59. The first-order valence-corrected chi connectivity index (χ1v) is 6.20. The van der Waals surface area contributed by atoms with Crippen LogP contribution in [0.1, 0.15) is 29.8 Å². The Hall–Kier alpha value is -2.15. The molecule has 0 aliphatic heterocycles. The Morgan fingerprint density at radius 1 is 1.24 bits per heavy atom. The van der Waals surface area contributed by atoms with Crippen LogP contribution in [0.4, 0.5) is 13.2 Å². The van der Waals surface area contributed by atoms with E-state index < -0.39 is 17.8 Å². The van der Waals surface area contributed by atoms with Gasteiger partial charge in [-0.2, -0.15) is 13.2 Å². The van der Waals surface area contributed by atoms with Gasteiger partial charge in [0, 0.05) is 18.0 Å². The summed E-state index contributed by atoms with van der Waals surface area (Å²) >= 11 is 0. The molecule has 0 aliphatic carbocycles. The summed E-state index contributed by atoms with van der Waals surface area (Å²) in [4.78, 5) is 7.57. The van der Waals surface area contributed by atoms with Gasteiger partial charge in [0.05, 0.1) is 24.1 Å². The minimum atomic E-state index is -4.45. The highest BCUT2D eigenvalue weighted by molar-refractivity contribution is 5.30. The van der Waals surface area contributed by atoms with Gasteiger partial charge in [0.1, 0.15) is 11.9 Å². The maximum atomic E-state index is 12.5. The Morgan fingerprint density at radius 2 is 2.00 bits per heavy atom. The quantitative estimate of drug-likeness (QED) is 0.943. The Morgan fingerprint density at radius 3 is 2.57 bits per heavy atom. The van der Waals surface area contributed by atoms with Gasteiger partial charge < -0.3 is 9.84 Å². The molecular weight excluding hydrogens is 285 g/mol. The lowest BCUT2D eigenvalue weighted by Crippen LogP contribution is -2.08. The summed E-state index contributed by atoms with van der Waals surface area (Å²) < 4.78 is 42.6. The molecule has 0 aromatic carbocycles. The molecule has 1 N–H and O–H groups in total. The Balaban J connectivity index is 2.23. The maximum absolute atomic E-state index is 12.5. The molecular formula is C14H13F3N2O2. The molecule has 1 unspecified atom stereocenters. The van der Waals surface area contributed by atoms with E-state index in [-0.39, 0.29) is 5.69 Å². The van der Waals surface area contributed by atoms with Crippen molar-refractivity contribution in [3.63, 3.8) is 0 Å². The lowest BCUT2D eigenvalue weighted by atomic mass is 10.1. The molecule has 2 rings (SSSR count). The van der Waals surface area contributed by atoms with E-state index >= 15 is 0 Å². The predicted molar refractivity (Wildman–Crippen MR) is 68.7 cm³/mol. The van der Waals surface area contributed by atoms with Gasteiger partial charge in [-0.1, -0.05) is 0 Å². The number of rotatable bonds is 4. The number of halogens is 3. The number of aliphatic hydroxyl groups excluding tert-OH is 1. The molecule has 0 saturated carbocycles. The highest BCUT2D eigenvalue weighted by Gasteiger charge is 2.31. The summed E-state index contributed by atoms with van der Waals surface area (Å²) in [5.74, 6) is 0.473. The first kappa shape index (κ1) is 15.2. The molecule has 112 valence electrons. The van der Waals surface area contributed by atoms with E-state index in [1.165, 1.54) is 12.4 Å². The molecule has 0 amide bonds. The van der Waals surface area contributed by atoms with E-state index in [0.29, 0.717) is 24.1 Å². The van der Waals surface area contributed by atoms with Gasteiger partial charge in [0.2, 0.25) is 0 Å². The minimum absolute atomic E-state index is 0.110. The van der Waals surface area contributed by atoms with Crippen LogP contribution in [0.5, 0.6) is 5.75 Å². The van der Waals surface area contributed by atoms with Crippen LogP contribution < -0.4 is 4.74 Å². The van der Waals surface area contributed by atoms with E-state index in [1.54, 1.807) is 13.0 Å². The molecule has 2 aromatic heterocycles. The Labute approximate surface area is 119 Å². The SMILES string of the molecule is CCOc1cncc(C(O)c2ccc(C(F)(F)F)cn2)c1. The van der Waals surface area contributed by atoms with Crippen molar-refractivity contribution in [2.75, 3.05) is 6.61 Å². The zero-order valence-electron chi connectivity index (χ0n) is 11.1. The third-order valence-electron chi connectivity index (χ3n) is 2.75. The Bertz CT molecular complexity index is 600. The summed E-state index contributed by atoms with van der Waals surface area (Å²) in [5, 5.41) is 10.1. The number of aliphatic hydroxyl groups is 1. The highest BCUT2D eigenvalue weighted by Crippen LogP contribution is 2.30. The fourth-order valence-electron chi connectivity index (χ4n) is 1.74. The molecule has 2 aromatic rings. The van der Waals surface area contributed by atoms with Crippen LogP contribution in [0.3, 0.4) is 0 Å². The molecule has 0 bridgehead atoms. The van der Waals surface area contributed by atoms with Gasteiger partial charge in [-0.3, -0.25) is 9.97 Å². The van der Waals surface area contributed by atoms with E-state index in [4.69, 9.17) is 4.74 Å². The van der Waals surface area contributed by atoms with Crippen LogP contribution in [-0.2, 0) is 6.18 Å². The monoisotopic (exact) mass is 298 g/mol. The number of nitrogens with zero attached hydrogens (tertiary/aromatic N) is 2. The number of hydrogen-bond acceptors (Lipinski definition) is 4. The number of aromatic nitrogens is 2. The summed E-state index contributed by atoms with van der Waals surface area (Å²) in [7, 11) is 0. The third-order valence-corrected chi connectivity index (χ3v) is 2.75. The van der Waals surface area contributed by atoms with Crippen LogP contribution in [0.2, 0.25) is 0 Å². The fourth-order valence-corrected chi connectivity index (χ4v) is 1.74. The van der Waals surface area contributed by atoms with Gasteiger partial charge in [0.15, 0.2) is 0 Å². The number of pyridine rings is 2. The van der Waals surface area contributed by atoms with Gasteiger partial charge in [-0.25, -0.2) is 0 Å².